The van der Waals surface area contributed by atoms with Crippen LogP contribution in [0.15, 0.2) is 52.1 Å². The molecule has 0 aliphatic rings. The molecule has 0 radical (unpaired) electrons. The average molecular weight is 444 g/mol. The fourth-order valence-electron chi connectivity index (χ4n) is 3.58. The zero-order valence-electron chi connectivity index (χ0n) is 17.0. The molecule has 0 fully saturated rings. The lowest BCUT2D eigenvalue weighted by atomic mass is 10.1. The summed E-state index contributed by atoms with van der Waals surface area (Å²) in [7, 11) is 3.09. The van der Waals surface area contributed by atoms with Crippen LogP contribution in [-0.4, -0.2) is 28.6 Å². The predicted octanol–water partition coefficient (Wildman–Crippen LogP) is 3.65. The minimum Gasteiger partial charge on any atom is -0.497 e. The highest BCUT2D eigenvalue weighted by Gasteiger charge is 2.17. The molecule has 7 nitrogen and oxygen atoms in total. The van der Waals surface area contributed by atoms with Crippen molar-refractivity contribution >= 4 is 22.5 Å². The Morgan fingerprint density at radius 3 is 2.32 bits per heavy atom. The lowest BCUT2D eigenvalue weighted by molar-refractivity contribution is 0.393. The quantitative estimate of drug-likeness (QED) is 0.510. The van der Waals surface area contributed by atoms with E-state index in [0.717, 1.165) is 11.6 Å². The molecule has 160 valence electrons. The molecule has 4 aromatic rings. The summed E-state index contributed by atoms with van der Waals surface area (Å²) in [5, 5.41) is 3.31. The maximum atomic E-state index is 13.4. The van der Waals surface area contributed by atoms with E-state index in [1.54, 1.807) is 39.3 Å². The van der Waals surface area contributed by atoms with Crippen LogP contribution in [0.25, 0.3) is 16.6 Å². The smallest absolute Gasteiger partial charge is 0.280 e. The van der Waals surface area contributed by atoms with Gasteiger partial charge in [-0.05, 0) is 42.8 Å². The second-order valence-electron chi connectivity index (χ2n) is 7.01. The number of hydrogen-bond acceptors (Lipinski definition) is 4. The first-order chi connectivity index (χ1) is 14.8. The molecule has 9 heteroatoms. The SMILES string of the molecule is COc1cc(Cn2c(C)c3c(=O)n(-c4ccc(F)cc4Cl)[nH]c3cc2=O)cc(OC)c1. The molecule has 0 saturated carbocycles. The second kappa shape index (κ2) is 7.96. The number of ether oxygens (including phenoxy) is 2. The highest BCUT2D eigenvalue weighted by atomic mass is 35.5. The number of aromatic amines is 1. The molecule has 0 bridgehead atoms. The van der Waals surface area contributed by atoms with Gasteiger partial charge in [0.05, 0.1) is 42.4 Å². The Labute approximate surface area is 181 Å². The zero-order valence-corrected chi connectivity index (χ0v) is 17.8. The molecule has 0 amide bonds. The van der Waals surface area contributed by atoms with Crippen molar-refractivity contribution in [1.82, 2.24) is 14.3 Å². The first-order valence-electron chi connectivity index (χ1n) is 9.35. The molecule has 2 heterocycles. The van der Waals surface area contributed by atoms with Gasteiger partial charge in [0.1, 0.15) is 17.3 Å². The Hall–Kier alpha value is -3.52. The van der Waals surface area contributed by atoms with Crippen LogP contribution >= 0.6 is 11.6 Å². The largest absolute Gasteiger partial charge is 0.497 e. The van der Waals surface area contributed by atoms with Crippen LogP contribution in [-0.2, 0) is 6.54 Å². The van der Waals surface area contributed by atoms with E-state index in [1.165, 1.54) is 27.4 Å². The first kappa shape index (κ1) is 20.7. The average Bonchev–Trinajstić information content (AvgIpc) is 3.06. The molecule has 2 aromatic carbocycles. The molecule has 0 atom stereocenters. The minimum atomic E-state index is -0.512. The van der Waals surface area contributed by atoms with Gasteiger partial charge in [-0.15, -0.1) is 0 Å². The van der Waals surface area contributed by atoms with Crippen molar-refractivity contribution in [2.75, 3.05) is 14.2 Å². The van der Waals surface area contributed by atoms with E-state index in [0.29, 0.717) is 33.8 Å². The number of rotatable bonds is 5. The van der Waals surface area contributed by atoms with Gasteiger partial charge in [-0.2, -0.15) is 0 Å². The molecule has 2 aromatic heterocycles. The van der Waals surface area contributed by atoms with Gasteiger partial charge < -0.3 is 14.0 Å². The molecule has 0 aliphatic carbocycles. The summed E-state index contributed by atoms with van der Waals surface area (Å²) in [6.45, 7) is 1.92. The maximum Gasteiger partial charge on any atom is 0.280 e. The second-order valence-corrected chi connectivity index (χ2v) is 7.42. The van der Waals surface area contributed by atoms with Crippen LogP contribution in [0.3, 0.4) is 0 Å². The molecular formula is C22H19ClFN3O4. The van der Waals surface area contributed by atoms with Gasteiger partial charge in [-0.25, -0.2) is 9.07 Å². The number of methoxy groups -OCH3 is 2. The Bertz CT molecular complexity index is 1400. The highest BCUT2D eigenvalue weighted by Crippen LogP contribution is 2.24. The van der Waals surface area contributed by atoms with Crippen LogP contribution < -0.4 is 20.6 Å². The Morgan fingerprint density at radius 1 is 1.03 bits per heavy atom. The monoisotopic (exact) mass is 443 g/mol. The van der Waals surface area contributed by atoms with E-state index < -0.39 is 11.4 Å². The summed E-state index contributed by atoms with van der Waals surface area (Å²) < 4.78 is 26.7. The summed E-state index contributed by atoms with van der Waals surface area (Å²) in [5.41, 5.74) is 1.25. The summed E-state index contributed by atoms with van der Waals surface area (Å²) in [6.07, 6.45) is 0. The molecule has 4 rings (SSSR count). The van der Waals surface area contributed by atoms with E-state index in [2.05, 4.69) is 5.10 Å². The van der Waals surface area contributed by atoms with Gasteiger partial charge in [0, 0.05) is 17.8 Å². The fourth-order valence-corrected chi connectivity index (χ4v) is 3.83. The number of hydrogen-bond donors (Lipinski definition) is 1. The van der Waals surface area contributed by atoms with E-state index >= 15 is 0 Å². The van der Waals surface area contributed by atoms with Crippen molar-refractivity contribution in [2.24, 2.45) is 0 Å². The standard InChI is InChI=1S/C22H19ClFN3O4/c1-12-21-18(25-27(22(21)29)19-5-4-14(24)8-17(19)23)10-20(28)26(12)11-13-6-15(30-2)9-16(7-13)31-3/h4-10,25H,11H2,1-3H3. The van der Waals surface area contributed by atoms with Crippen LogP contribution in [0.5, 0.6) is 11.5 Å². The number of nitrogens with one attached hydrogen (secondary N) is 1. The van der Waals surface area contributed by atoms with Crippen molar-refractivity contribution in [2.45, 2.75) is 13.5 Å². The normalized spacial score (nSPS) is 11.1. The van der Waals surface area contributed by atoms with E-state index in [4.69, 9.17) is 21.1 Å². The van der Waals surface area contributed by atoms with Crippen molar-refractivity contribution in [3.05, 3.63) is 85.3 Å². The van der Waals surface area contributed by atoms with E-state index in [-0.39, 0.29) is 17.1 Å². The summed E-state index contributed by atoms with van der Waals surface area (Å²) in [6, 6.07) is 10.4. The molecular weight excluding hydrogens is 425 g/mol. The predicted molar refractivity (Wildman–Crippen MR) is 117 cm³/mol. The van der Waals surface area contributed by atoms with Crippen molar-refractivity contribution in [3.63, 3.8) is 0 Å². The number of benzene rings is 2. The molecule has 1 N–H and O–H groups in total. The van der Waals surface area contributed by atoms with Crippen LogP contribution in [0, 0.1) is 12.7 Å². The van der Waals surface area contributed by atoms with Gasteiger partial charge in [0.15, 0.2) is 0 Å². The lowest BCUT2D eigenvalue weighted by Gasteiger charge is -2.12. The van der Waals surface area contributed by atoms with Gasteiger partial charge in [-0.1, -0.05) is 11.6 Å². The third-order valence-corrected chi connectivity index (χ3v) is 5.42. The van der Waals surface area contributed by atoms with Crippen molar-refractivity contribution < 1.29 is 13.9 Å². The maximum absolute atomic E-state index is 13.4. The van der Waals surface area contributed by atoms with Gasteiger partial charge in [-0.3, -0.25) is 14.7 Å². The lowest BCUT2D eigenvalue weighted by Crippen LogP contribution is -2.24. The minimum absolute atomic E-state index is 0.0741. The third-order valence-electron chi connectivity index (χ3n) is 5.12. The number of halogens is 2. The number of fused-ring (bicyclic) bond motifs is 1. The molecule has 0 spiro atoms. The number of aryl methyl sites for hydroxylation is 1. The first-order valence-corrected chi connectivity index (χ1v) is 9.72. The summed E-state index contributed by atoms with van der Waals surface area (Å²) >= 11 is 6.12. The van der Waals surface area contributed by atoms with E-state index in [1.807, 2.05) is 0 Å². The summed E-state index contributed by atoms with van der Waals surface area (Å²) in [5.74, 6) is 0.676. The van der Waals surface area contributed by atoms with Crippen LogP contribution in [0.4, 0.5) is 4.39 Å². The number of H-pyrrole nitrogens is 1. The molecule has 31 heavy (non-hydrogen) atoms. The highest BCUT2D eigenvalue weighted by molar-refractivity contribution is 6.32. The Balaban J connectivity index is 1.87. The molecule has 0 aliphatic heterocycles. The number of aromatic nitrogens is 3. The van der Waals surface area contributed by atoms with Crippen molar-refractivity contribution in [1.29, 1.82) is 0 Å². The Kier molecular flexibility index (Phi) is 5.32. The summed E-state index contributed by atoms with van der Waals surface area (Å²) in [4.78, 5) is 26.0. The number of pyridine rings is 1. The zero-order chi connectivity index (χ0) is 22.3. The fraction of sp³-hybridized carbons (Fsp3) is 0.182. The Morgan fingerprint density at radius 2 is 1.71 bits per heavy atom. The van der Waals surface area contributed by atoms with Gasteiger partial charge in [0.2, 0.25) is 0 Å². The van der Waals surface area contributed by atoms with Gasteiger partial charge >= 0.3 is 0 Å². The van der Waals surface area contributed by atoms with Crippen molar-refractivity contribution in [3.8, 4) is 17.2 Å². The van der Waals surface area contributed by atoms with E-state index in [9.17, 15) is 14.0 Å². The third kappa shape index (κ3) is 3.70. The molecule has 0 saturated heterocycles. The van der Waals surface area contributed by atoms with Gasteiger partial charge in [0.25, 0.3) is 11.1 Å². The van der Waals surface area contributed by atoms with Crippen LogP contribution in [0.1, 0.15) is 11.3 Å². The molecule has 0 unspecified atom stereocenters. The number of nitrogens with zero attached hydrogens (tertiary/aromatic N) is 2. The topological polar surface area (TPSA) is 78.2 Å². The van der Waals surface area contributed by atoms with Crippen LogP contribution in [0.2, 0.25) is 5.02 Å².